The molecule has 2 heterocycles. The lowest BCUT2D eigenvalue weighted by molar-refractivity contribution is 0.0985. The molecule has 2 aliphatic rings. The van der Waals surface area contributed by atoms with Gasteiger partial charge < -0.3 is 14.2 Å². The SMILES string of the molecule is COc1cccc(C23CCN(C)CC2Cc2c(n(C)c4cc(C)ccc24)C3)c1. The van der Waals surface area contributed by atoms with Crippen LogP contribution in [-0.2, 0) is 25.3 Å². The average Bonchev–Trinajstić information content (AvgIpc) is 2.97. The number of likely N-dealkylation sites (tertiary alicyclic amines) is 1. The number of nitrogens with zero attached hydrogens (tertiary/aromatic N) is 2. The third kappa shape index (κ3) is 2.52. The molecule has 5 rings (SSSR count). The molecule has 1 saturated heterocycles. The molecule has 0 N–H and O–H groups in total. The van der Waals surface area contributed by atoms with Gasteiger partial charge in [-0.3, -0.25) is 0 Å². The van der Waals surface area contributed by atoms with E-state index in [1.165, 1.54) is 40.7 Å². The van der Waals surface area contributed by atoms with Crippen molar-refractivity contribution in [3.8, 4) is 5.75 Å². The number of fused-ring (bicyclic) bond motifs is 4. The molecule has 3 heteroatoms. The molecular weight excluding hydrogens is 344 g/mol. The van der Waals surface area contributed by atoms with Crippen molar-refractivity contribution >= 4 is 10.9 Å². The summed E-state index contributed by atoms with van der Waals surface area (Å²) in [6.07, 6.45) is 3.50. The molecule has 28 heavy (non-hydrogen) atoms. The van der Waals surface area contributed by atoms with Gasteiger partial charge in [0.25, 0.3) is 0 Å². The zero-order chi connectivity index (χ0) is 19.5. The van der Waals surface area contributed by atoms with Crippen LogP contribution in [-0.4, -0.2) is 36.7 Å². The number of benzene rings is 2. The van der Waals surface area contributed by atoms with E-state index in [0.29, 0.717) is 5.92 Å². The van der Waals surface area contributed by atoms with Crippen LogP contribution in [0.15, 0.2) is 42.5 Å². The third-order valence-electron chi connectivity index (χ3n) is 7.42. The first-order valence-electron chi connectivity index (χ1n) is 10.4. The first-order chi connectivity index (χ1) is 13.5. The van der Waals surface area contributed by atoms with Crippen LogP contribution in [0.4, 0.5) is 0 Å². The zero-order valence-electron chi connectivity index (χ0n) is 17.5. The Morgan fingerprint density at radius 3 is 2.79 bits per heavy atom. The highest BCUT2D eigenvalue weighted by Crippen LogP contribution is 2.50. The molecule has 146 valence electrons. The number of piperidine rings is 1. The topological polar surface area (TPSA) is 17.4 Å². The summed E-state index contributed by atoms with van der Waals surface area (Å²) in [6.45, 7) is 4.52. The number of ether oxygens (including phenoxy) is 1. The molecular formula is C25H30N2O. The van der Waals surface area contributed by atoms with Gasteiger partial charge in [-0.05, 0) is 80.6 Å². The largest absolute Gasteiger partial charge is 0.497 e. The summed E-state index contributed by atoms with van der Waals surface area (Å²) in [6, 6.07) is 15.8. The number of hydrogen-bond acceptors (Lipinski definition) is 2. The molecule has 1 aromatic heterocycles. The van der Waals surface area contributed by atoms with Crippen molar-refractivity contribution in [2.75, 3.05) is 27.2 Å². The van der Waals surface area contributed by atoms with Crippen molar-refractivity contribution in [2.24, 2.45) is 13.0 Å². The van der Waals surface area contributed by atoms with Gasteiger partial charge in [-0.15, -0.1) is 0 Å². The summed E-state index contributed by atoms with van der Waals surface area (Å²) in [7, 11) is 6.31. The van der Waals surface area contributed by atoms with E-state index in [0.717, 1.165) is 25.1 Å². The van der Waals surface area contributed by atoms with E-state index in [1.54, 1.807) is 12.7 Å². The van der Waals surface area contributed by atoms with Gasteiger partial charge in [0.05, 0.1) is 7.11 Å². The van der Waals surface area contributed by atoms with Crippen molar-refractivity contribution in [1.29, 1.82) is 0 Å². The molecule has 2 aromatic carbocycles. The van der Waals surface area contributed by atoms with E-state index in [-0.39, 0.29) is 5.41 Å². The summed E-state index contributed by atoms with van der Waals surface area (Å²) in [4.78, 5) is 2.52. The minimum Gasteiger partial charge on any atom is -0.497 e. The highest BCUT2D eigenvalue weighted by Gasteiger charge is 2.48. The quantitative estimate of drug-likeness (QED) is 0.658. The van der Waals surface area contributed by atoms with Crippen molar-refractivity contribution in [2.45, 2.75) is 31.6 Å². The van der Waals surface area contributed by atoms with Crippen LogP contribution in [0.25, 0.3) is 10.9 Å². The zero-order valence-corrected chi connectivity index (χ0v) is 17.5. The predicted octanol–water partition coefficient (Wildman–Crippen LogP) is 4.48. The summed E-state index contributed by atoms with van der Waals surface area (Å²) in [5.74, 6) is 1.61. The van der Waals surface area contributed by atoms with Gasteiger partial charge in [0, 0.05) is 35.6 Å². The fraction of sp³-hybridized carbons (Fsp3) is 0.440. The van der Waals surface area contributed by atoms with Gasteiger partial charge in [0.15, 0.2) is 0 Å². The van der Waals surface area contributed by atoms with Crippen molar-refractivity contribution in [3.05, 3.63) is 64.8 Å². The highest BCUT2D eigenvalue weighted by molar-refractivity contribution is 5.86. The van der Waals surface area contributed by atoms with Gasteiger partial charge in [-0.25, -0.2) is 0 Å². The number of methoxy groups -OCH3 is 1. The lowest BCUT2D eigenvalue weighted by Gasteiger charge is -2.50. The summed E-state index contributed by atoms with van der Waals surface area (Å²) < 4.78 is 8.05. The lowest BCUT2D eigenvalue weighted by atomic mass is 9.59. The number of hydrogen-bond donors (Lipinski definition) is 0. The second kappa shape index (κ2) is 6.38. The maximum atomic E-state index is 5.58. The minimum atomic E-state index is 0.200. The molecule has 0 saturated carbocycles. The van der Waals surface area contributed by atoms with E-state index in [9.17, 15) is 0 Å². The van der Waals surface area contributed by atoms with Crippen LogP contribution in [0, 0.1) is 12.8 Å². The standard InChI is InChI=1S/C25H30N2O/c1-17-8-9-21-22-14-19-16-26(2)11-10-25(19,15-24(22)27(3)23(21)12-17)18-6-5-7-20(13-18)28-4/h5-9,12-13,19H,10-11,14-16H2,1-4H3. The van der Waals surface area contributed by atoms with E-state index in [1.807, 2.05) is 0 Å². The Hall–Kier alpha value is -2.26. The monoisotopic (exact) mass is 374 g/mol. The smallest absolute Gasteiger partial charge is 0.119 e. The molecule has 0 spiro atoms. The molecule has 0 bridgehead atoms. The summed E-state index contributed by atoms with van der Waals surface area (Å²) in [5, 5.41) is 1.45. The molecule has 1 fully saturated rings. The maximum absolute atomic E-state index is 5.58. The Morgan fingerprint density at radius 1 is 1.11 bits per heavy atom. The number of aryl methyl sites for hydroxylation is 2. The van der Waals surface area contributed by atoms with Gasteiger partial charge in [0.2, 0.25) is 0 Å². The van der Waals surface area contributed by atoms with Crippen molar-refractivity contribution in [1.82, 2.24) is 9.47 Å². The normalized spacial score (nSPS) is 24.8. The van der Waals surface area contributed by atoms with Crippen LogP contribution >= 0.6 is 0 Å². The van der Waals surface area contributed by atoms with E-state index in [4.69, 9.17) is 4.74 Å². The third-order valence-corrected chi connectivity index (χ3v) is 7.42. The first-order valence-corrected chi connectivity index (χ1v) is 10.4. The number of aromatic nitrogens is 1. The summed E-state index contributed by atoms with van der Waals surface area (Å²) >= 11 is 0. The second-order valence-electron chi connectivity index (χ2n) is 8.98. The van der Waals surface area contributed by atoms with Crippen molar-refractivity contribution in [3.63, 3.8) is 0 Å². The van der Waals surface area contributed by atoms with E-state index >= 15 is 0 Å². The Morgan fingerprint density at radius 2 is 1.96 bits per heavy atom. The molecule has 0 radical (unpaired) electrons. The maximum Gasteiger partial charge on any atom is 0.119 e. The molecule has 3 aromatic rings. The minimum absolute atomic E-state index is 0.200. The van der Waals surface area contributed by atoms with Crippen LogP contribution < -0.4 is 4.74 Å². The highest BCUT2D eigenvalue weighted by atomic mass is 16.5. The lowest BCUT2D eigenvalue weighted by Crippen LogP contribution is -2.53. The fourth-order valence-corrected chi connectivity index (χ4v) is 5.82. The van der Waals surface area contributed by atoms with Gasteiger partial charge in [-0.2, -0.15) is 0 Å². The molecule has 2 atom stereocenters. The number of rotatable bonds is 2. The van der Waals surface area contributed by atoms with Crippen LogP contribution in [0.1, 0.15) is 28.8 Å². The molecule has 3 nitrogen and oxygen atoms in total. The van der Waals surface area contributed by atoms with E-state index in [2.05, 4.69) is 73.0 Å². The fourth-order valence-electron chi connectivity index (χ4n) is 5.82. The van der Waals surface area contributed by atoms with Gasteiger partial charge >= 0.3 is 0 Å². The second-order valence-corrected chi connectivity index (χ2v) is 8.98. The van der Waals surface area contributed by atoms with E-state index < -0.39 is 0 Å². The predicted molar refractivity (Wildman–Crippen MR) is 115 cm³/mol. The van der Waals surface area contributed by atoms with Gasteiger partial charge in [0.1, 0.15) is 5.75 Å². The first kappa shape index (κ1) is 17.8. The van der Waals surface area contributed by atoms with Crippen LogP contribution in [0.3, 0.4) is 0 Å². The van der Waals surface area contributed by atoms with Crippen LogP contribution in [0.5, 0.6) is 5.75 Å². The molecule has 0 amide bonds. The molecule has 2 unspecified atom stereocenters. The molecule has 1 aliphatic carbocycles. The molecule has 1 aliphatic heterocycles. The van der Waals surface area contributed by atoms with Gasteiger partial charge in [-0.1, -0.05) is 24.3 Å². The average molecular weight is 375 g/mol. The Balaban J connectivity index is 1.70. The summed E-state index contributed by atoms with van der Waals surface area (Å²) in [5.41, 5.74) is 7.49. The van der Waals surface area contributed by atoms with Crippen LogP contribution in [0.2, 0.25) is 0 Å². The van der Waals surface area contributed by atoms with Crippen molar-refractivity contribution < 1.29 is 4.74 Å². The Kier molecular flexibility index (Phi) is 4.06. The Labute approximate surface area is 167 Å². The Bertz CT molecular complexity index is 1050.